The van der Waals surface area contributed by atoms with Gasteiger partial charge in [-0.3, -0.25) is 9.59 Å². The van der Waals surface area contributed by atoms with E-state index in [0.717, 1.165) is 0 Å². The summed E-state index contributed by atoms with van der Waals surface area (Å²) in [5, 5.41) is 6.47. The number of carbonyl (C=O) groups is 1. The highest BCUT2D eigenvalue weighted by Crippen LogP contribution is 2.18. The van der Waals surface area contributed by atoms with Crippen molar-refractivity contribution in [3.63, 3.8) is 0 Å². The minimum atomic E-state index is -0.439. The van der Waals surface area contributed by atoms with Gasteiger partial charge in [-0.25, -0.2) is 4.98 Å². The Hall–Kier alpha value is -2.20. The van der Waals surface area contributed by atoms with Crippen molar-refractivity contribution in [3.8, 4) is 0 Å². The standard InChI is InChI=1S/C14H19N5O4S/c1-8-6-11(20)18-14(16-8)24-9(2)13(21)15-7-12-17-10(19-23-12)4-5-22-3/h6,9H,4-5,7H2,1-3H3,(H,15,21)(H,16,18,20)/t9-/m0/s1. The van der Waals surface area contributed by atoms with Crippen LogP contribution in [0.3, 0.4) is 0 Å². The first-order chi connectivity index (χ1) is 11.5. The summed E-state index contributed by atoms with van der Waals surface area (Å²) in [7, 11) is 1.59. The van der Waals surface area contributed by atoms with Gasteiger partial charge in [0, 0.05) is 25.3 Å². The second-order valence-electron chi connectivity index (χ2n) is 5.02. The van der Waals surface area contributed by atoms with Crippen molar-refractivity contribution in [1.82, 2.24) is 25.4 Å². The third-order valence-electron chi connectivity index (χ3n) is 2.96. The quantitative estimate of drug-likeness (QED) is 0.518. The third kappa shape index (κ3) is 5.46. The molecule has 0 aliphatic heterocycles. The molecule has 0 aliphatic carbocycles. The zero-order chi connectivity index (χ0) is 17.5. The van der Waals surface area contributed by atoms with Crippen molar-refractivity contribution < 1.29 is 14.1 Å². The molecule has 2 aromatic rings. The summed E-state index contributed by atoms with van der Waals surface area (Å²) in [5.41, 5.74) is 0.357. The highest BCUT2D eigenvalue weighted by molar-refractivity contribution is 8.00. The second kappa shape index (κ2) is 8.60. The Morgan fingerprint density at radius 2 is 2.29 bits per heavy atom. The maximum absolute atomic E-state index is 12.1. The first-order valence-electron chi connectivity index (χ1n) is 7.30. The molecule has 130 valence electrons. The number of ether oxygens (including phenoxy) is 1. The molecule has 2 N–H and O–H groups in total. The van der Waals surface area contributed by atoms with E-state index in [2.05, 4.69) is 25.4 Å². The van der Waals surface area contributed by atoms with Gasteiger partial charge in [0.2, 0.25) is 11.8 Å². The van der Waals surface area contributed by atoms with Crippen LogP contribution in [0, 0.1) is 6.92 Å². The number of methoxy groups -OCH3 is 1. The van der Waals surface area contributed by atoms with Crippen LogP contribution >= 0.6 is 11.8 Å². The van der Waals surface area contributed by atoms with Crippen molar-refractivity contribution in [2.75, 3.05) is 13.7 Å². The van der Waals surface area contributed by atoms with Gasteiger partial charge >= 0.3 is 0 Å². The zero-order valence-electron chi connectivity index (χ0n) is 13.7. The molecule has 1 atom stereocenters. The van der Waals surface area contributed by atoms with Crippen molar-refractivity contribution in [2.24, 2.45) is 0 Å². The summed E-state index contributed by atoms with van der Waals surface area (Å²) in [4.78, 5) is 34.4. The van der Waals surface area contributed by atoms with E-state index < -0.39 is 5.25 Å². The summed E-state index contributed by atoms with van der Waals surface area (Å²) >= 11 is 1.17. The number of hydrogen-bond donors (Lipinski definition) is 2. The van der Waals surface area contributed by atoms with E-state index >= 15 is 0 Å². The highest BCUT2D eigenvalue weighted by Gasteiger charge is 2.17. The molecule has 0 bridgehead atoms. The Labute approximate surface area is 142 Å². The Bertz CT molecular complexity index is 745. The number of nitrogens with one attached hydrogen (secondary N) is 2. The molecule has 2 rings (SSSR count). The first-order valence-corrected chi connectivity index (χ1v) is 8.18. The maximum atomic E-state index is 12.1. The third-order valence-corrected chi connectivity index (χ3v) is 3.94. The predicted octanol–water partition coefficient (Wildman–Crippen LogP) is 0.447. The molecule has 0 radical (unpaired) electrons. The van der Waals surface area contributed by atoms with Crippen LogP contribution in [-0.2, 0) is 22.5 Å². The van der Waals surface area contributed by atoms with Crippen molar-refractivity contribution >= 4 is 17.7 Å². The van der Waals surface area contributed by atoms with Gasteiger partial charge in [-0.2, -0.15) is 4.98 Å². The molecule has 1 amide bonds. The van der Waals surface area contributed by atoms with Gasteiger partial charge in [-0.15, -0.1) is 0 Å². The van der Waals surface area contributed by atoms with Crippen molar-refractivity contribution in [3.05, 3.63) is 33.8 Å². The van der Waals surface area contributed by atoms with Gasteiger partial charge in [0.15, 0.2) is 11.0 Å². The number of nitrogens with zero attached hydrogens (tertiary/aromatic N) is 3. The first kappa shape index (κ1) is 18.1. The number of aromatic amines is 1. The van der Waals surface area contributed by atoms with Crippen LogP contribution in [0.2, 0.25) is 0 Å². The van der Waals surface area contributed by atoms with E-state index in [1.807, 2.05) is 0 Å². The number of aryl methyl sites for hydroxylation is 1. The van der Waals surface area contributed by atoms with Crippen LogP contribution in [0.5, 0.6) is 0 Å². The lowest BCUT2D eigenvalue weighted by molar-refractivity contribution is -0.120. The predicted molar refractivity (Wildman–Crippen MR) is 86.6 cm³/mol. The molecular formula is C14H19N5O4S. The van der Waals surface area contributed by atoms with E-state index in [9.17, 15) is 9.59 Å². The van der Waals surface area contributed by atoms with E-state index in [4.69, 9.17) is 9.26 Å². The molecule has 0 saturated heterocycles. The van der Waals surface area contributed by atoms with Gasteiger partial charge < -0.3 is 19.6 Å². The smallest absolute Gasteiger partial charge is 0.251 e. The van der Waals surface area contributed by atoms with Crippen LogP contribution in [0.1, 0.15) is 24.3 Å². The summed E-state index contributed by atoms with van der Waals surface area (Å²) in [5.74, 6) is 0.639. The SMILES string of the molecule is COCCc1noc(CNC(=O)[C@H](C)Sc2nc(C)cc(=O)[nH]2)n1. The molecule has 2 heterocycles. The largest absolute Gasteiger partial charge is 0.384 e. The van der Waals surface area contributed by atoms with Gasteiger partial charge in [0.25, 0.3) is 5.56 Å². The summed E-state index contributed by atoms with van der Waals surface area (Å²) in [6.07, 6.45) is 0.548. The zero-order valence-corrected chi connectivity index (χ0v) is 14.5. The lowest BCUT2D eigenvalue weighted by Crippen LogP contribution is -2.30. The van der Waals surface area contributed by atoms with Crippen molar-refractivity contribution in [1.29, 1.82) is 0 Å². The fourth-order valence-corrected chi connectivity index (χ4v) is 2.67. The molecule has 2 aromatic heterocycles. The molecule has 0 saturated carbocycles. The van der Waals surface area contributed by atoms with E-state index in [-0.39, 0.29) is 18.0 Å². The fourth-order valence-electron chi connectivity index (χ4n) is 1.79. The lowest BCUT2D eigenvalue weighted by atomic mass is 10.4. The summed E-state index contributed by atoms with van der Waals surface area (Å²) < 4.78 is 9.98. The molecule has 9 nitrogen and oxygen atoms in total. The molecule has 0 aliphatic rings. The number of hydrogen-bond acceptors (Lipinski definition) is 8. The average Bonchev–Trinajstić information content (AvgIpc) is 2.97. The second-order valence-corrected chi connectivity index (χ2v) is 6.35. The molecule has 0 unspecified atom stereocenters. The molecule has 0 spiro atoms. The number of aromatic nitrogens is 4. The molecule has 24 heavy (non-hydrogen) atoms. The minimum absolute atomic E-state index is 0.140. The van der Waals surface area contributed by atoms with Crippen LogP contribution in [-0.4, -0.2) is 45.0 Å². The monoisotopic (exact) mass is 353 g/mol. The van der Waals surface area contributed by atoms with Crippen molar-refractivity contribution in [2.45, 2.75) is 37.2 Å². The van der Waals surface area contributed by atoms with E-state index in [1.54, 1.807) is 21.0 Å². The van der Waals surface area contributed by atoms with Gasteiger partial charge in [0.1, 0.15) is 0 Å². The van der Waals surface area contributed by atoms with E-state index in [1.165, 1.54) is 17.8 Å². The van der Waals surface area contributed by atoms with Crippen LogP contribution in [0.15, 0.2) is 20.5 Å². The summed E-state index contributed by atoms with van der Waals surface area (Å²) in [6.45, 7) is 4.09. The normalized spacial score (nSPS) is 12.1. The van der Waals surface area contributed by atoms with Crippen LogP contribution in [0.25, 0.3) is 0 Å². The van der Waals surface area contributed by atoms with E-state index in [0.29, 0.717) is 35.6 Å². The molecular weight excluding hydrogens is 334 g/mol. The Kier molecular flexibility index (Phi) is 6.50. The van der Waals surface area contributed by atoms with Crippen LogP contribution in [0.4, 0.5) is 0 Å². The fraction of sp³-hybridized carbons (Fsp3) is 0.500. The number of amides is 1. The number of carbonyl (C=O) groups excluding carboxylic acids is 1. The minimum Gasteiger partial charge on any atom is -0.384 e. The highest BCUT2D eigenvalue weighted by atomic mass is 32.2. The summed E-state index contributed by atoms with van der Waals surface area (Å²) in [6, 6.07) is 1.39. The maximum Gasteiger partial charge on any atom is 0.251 e. The molecule has 0 aromatic carbocycles. The van der Waals surface area contributed by atoms with Gasteiger partial charge in [-0.1, -0.05) is 16.9 Å². The Balaban J connectivity index is 1.85. The molecule has 10 heteroatoms. The topological polar surface area (TPSA) is 123 Å². The van der Waals surface area contributed by atoms with Gasteiger partial charge in [-0.05, 0) is 13.8 Å². The number of thioether (sulfide) groups is 1. The average molecular weight is 353 g/mol. The Morgan fingerprint density at radius 1 is 1.50 bits per heavy atom. The van der Waals surface area contributed by atoms with Crippen LogP contribution < -0.4 is 10.9 Å². The number of rotatable bonds is 8. The molecule has 0 fully saturated rings. The lowest BCUT2D eigenvalue weighted by Gasteiger charge is -2.10. The Morgan fingerprint density at radius 3 is 3.00 bits per heavy atom. The number of H-pyrrole nitrogens is 1. The van der Waals surface area contributed by atoms with Gasteiger partial charge in [0.05, 0.1) is 18.4 Å².